The minimum Gasteiger partial charge on any atom is -0.508 e. The lowest BCUT2D eigenvalue weighted by Crippen LogP contribution is -2.15. The highest BCUT2D eigenvalue weighted by atomic mass is 16.5. The van der Waals surface area contributed by atoms with Gasteiger partial charge in [0.1, 0.15) is 5.76 Å². The first-order valence-electron chi connectivity index (χ1n) is 11.8. The Balaban J connectivity index is 1.83. The van der Waals surface area contributed by atoms with Crippen molar-refractivity contribution in [1.82, 2.24) is 0 Å². The van der Waals surface area contributed by atoms with E-state index < -0.39 is 0 Å². The lowest BCUT2D eigenvalue weighted by atomic mass is 9.79. The number of methoxy groups -OCH3 is 3. The second-order valence-electron chi connectivity index (χ2n) is 8.42. The number of benzene rings is 2. The van der Waals surface area contributed by atoms with Crippen molar-refractivity contribution >= 4 is 17.9 Å². The van der Waals surface area contributed by atoms with Crippen molar-refractivity contribution in [2.45, 2.75) is 25.7 Å². The number of aliphatic hydroxyl groups excluding tert-OH is 1. The fourth-order valence-corrected chi connectivity index (χ4v) is 3.86. The molecule has 0 radical (unpaired) electrons. The third-order valence-electron chi connectivity index (χ3n) is 6.12. The van der Waals surface area contributed by atoms with Crippen molar-refractivity contribution < 1.29 is 28.8 Å². The number of nitrogens with zero attached hydrogens (tertiary/aromatic N) is 3. The highest BCUT2D eigenvalue weighted by Gasteiger charge is 2.23. The van der Waals surface area contributed by atoms with Crippen LogP contribution in [-0.4, -0.2) is 38.9 Å². The summed E-state index contributed by atoms with van der Waals surface area (Å²) in [6.07, 6.45) is 10.1. The van der Waals surface area contributed by atoms with Crippen molar-refractivity contribution in [3.63, 3.8) is 0 Å². The van der Waals surface area contributed by atoms with Crippen molar-refractivity contribution in [3.05, 3.63) is 81.5 Å². The van der Waals surface area contributed by atoms with Crippen LogP contribution in [0.2, 0.25) is 0 Å². The van der Waals surface area contributed by atoms with E-state index in [2.05, 4.69) is 10.0 Å². The Morgan fingerprint density at radius 1 is 0.973 bits per heavy atom. The van der Waals surface area contributed by atoms with Gasteiger partial charge in [0.2, 0.25) is 0 Å². The minimum absolute atomic E-state index is 0.0653. The fourth-order valence-electron chi connectivity index (χ4n) is 3.86. The predicted octanol–water partition coefficient (Wildman–Crippen LogP) is 6.66. The maximum Gasteiger partial charge on any atom is 0.185 e. The fraction of sp³-hybridized carbons (Fsp3) is 0.321. The third kappa shape index (κ3) is 7.56. The predicted molar refractivity (Wildman–Crippen MR) is 142 cm³/mol. The molecular weight excluding hydrogens is 474 g/mol. The molecule has 2 aromatic carbocycles. The molecule has 0 atom stereocenters. The first kappa shape index (κ1) is 27.2. The van der Waals surface area contributed by atoms with Crippen LogP contribution in [0.3, 0.4) is 0 Å². The molecule has 9 nitrogen and oxygen atoms in total. The van der Waals surface area contributed by atoms with Crippen LogP contribution in [0.4, 0.5) is 0 Å². The summed E-state index contributed by atoms with van der Waals surface area (Å²) in [5.74, 6) is 2.08. The van der Waals surface area contributed by atoms with Crippen LogP contribution >= 0.6 is 0 Å². The van der Waals surface area contributed by atoms with Gasteiger partial charge < -0.3 is 24.1 Å². The van der Waals surface area contributed by atoms with E-state index in [0.29, 0.717) is 46.5 Å². The van der Waals surface area contributed by atoms with E-state index in [4.69, 9.17) is 24.5 Å². The maximum absolute atomic E-state index is 13.2. The number of carbonyl (C=O) groups is 1. The normalized spacial score (nSPS) is 14.0. The van der Waals surface area contributed by atoms with Crippen molar-refractivity contribution in [1.29, 1.82) is 0 Å². The molecule has 1 aliphatic rings. The largest absolute Gasteiger partial charge is 0.508 e. The summed E-state index contributed by atoms with van der Waals surface area (Å²) in [4.78, 5) is 15.8. The number of hydrogen-bond donors (Lipinski definition) is 1. The Labute approximate surface area is 216 Å². The SMILES string of the molecule is COc1ccc(/C=C/C(O)=C(\CC2CCC2)C(=O)/C=C/c2ccc(OC)c(OCN=[N+]=[N-])c2)cc1OC. The van der Waals surface area contributed by atoms with Gasteiger partial charge in [-0.3, -0.25) is 4.79 Å². The molecule has 0 amide bonds. The number of rotatable bonds is 13. The molecule has 3 rings (SSSR count). The van der Waals surface area contributed by atoms with Gasteiger partial charge in [0, 0.05) is 10.5 Å². The minimum atomic E-state index is -0.270. The zero-order valence-electron chi connectivity index (χ0n) is 21.2. The molecule has 2 aromatic rings. The highest BCUT2D eigenvalue weighted by Crippen LogP contribution is 2.34. The topological polar surface area (TPSA) is 123 Å². The summed E-state index contributed by atoms with van der Waals surface area (Å²) in [6.45, 7) is -0.187. The molecular formula is C28H31N3O6. The third-order valence-corrected chi connectivity index (χ3v) is 6.12. The first-order valence-corrected chi connectivity index (χ1v) is 11.8. The molecule has 1 saturated carbocycles. The van der Waals surface area contributed by atoms with Crippen molar-refractivity contribution in [2.75, 3.05) is 28.1 Å². The molecule has 194 valence electrons. The molecule has 9 heteroatoms. The van der Waals surface area contributed by atoms with Gasteiger partial charge in [-0.2, -0.15) is 0 Å². The number of hydrogen-bond acceptors (Lipinski definition) is 7. The molecule has 0 bridgehead atoms. The average Bonchev–Trinajstić information content (AvgIpc) is 2.89. The van der Waals surface area contributed by atoms with Gasteiger partial charge in [0.15, 0.2) is 35.5 Å². The molecule has 0 heterocycles. The Bertz CT molecular complexity index is 1240. The van der Waals surface area contributed by atoms with Gasteiger partial charge in [-0.25, -0.2) is 0 Å². The lowest BCUT2D eigenvalue weighted by molar-refractivity contribution is -0.111. The number of ether oxygens (including phenoxy) is 4. The standard InChI is InChI=1S/C28H31N3O6/c1-34-25-13-9-20(16-27(25)36-3)7-11-23(32)22(15-19-5-4-6-19)24(33)12-8-21-10-14-26(35-2)28(17-21)37-18-30-31-29/h7-14,16-17,19,32H,4-6,15,18H2,1-3H3/b11-7+,12-8+,23-22-. The van der Waals surface area contributed by atoms with E-state index in [9.17, 15) is 9.90 Å². The monoisotopic (exact) mass is 505 g/mol. The Hall–Kier alpha value is -4.36. The lowest BCUT2D eigenvalue weighted by Gasteiger charge is -2.25. The van der Waals surface area contributed by atoms with Gasteiger partial charge >= 0.3 is 0 Å². The van der Waals surface area contributed by atoms with E-state index in [1.807, 2.05) is 6.07 Å². The number of allylic oxidation sites excluding steroid dienone is 3. The Morgan fingerprint density at radius 2 is 1.57 bits per heavy atom. The van der Waals surface area contributed by atoms with Gasteiger partial charge in [-0.15, -0.1) is 0 Å². The summed E-state index contributed by atoms with van der Waals surface area (Å²) >= 11 is 0. The van der Waals surface area contributed by atoms with Crippen molar-refractivity contribution in [3.8, 4) is 23.0 Å². The molecule has 0 saturated heterocycles. The summed E-state index contributed by atoms with van der Waals surface area (Å²) in [5, 5.41) is 14.2. The first-order chi connectivity index (χ1) is 18.0. The van der Waals surface area contributed by atoms with E-state index >= 15 is 0 Å². The van der Waals surface area contributed by atoms with Crippen LogP contribution in [0.5, 0.6) is 23.0 Å². The number of ketones is 1. The second kappa shape index (κ2) is 13.7. The van der Waals surface area contributed by atoms with E-state index in [0.717, 1.165) is 24.8 Å². The Morgan fingerprint density at radius 3 is 2.14 bits per heavy atom. The van der Waals surface area contributed by atoms with Gasteiger partial charge in [0.05, 0.1) is 21.3 Å². The second-order valence-corrected chi connectivity index (χ2v) is 8.42. The summed E-state index contributed by atoms with van der Waals surface area (Å²) in [5.41, 5.74) is 10.3. The molecule has 0 aromatic heterocycles. The van der Waals surface area contributed by atoms with Crippen molar-refractivity contribution in [2.24, 2.45) is 11.0 Å². The quantitative estimate of drug-likeness (QED) is 0.0811. The molecule has 1 fully saturated rings. The van der Waals surface area contributed by atoms with Crippen LogP contribution in [-0.2, 0) is 4.79 Å². The molecule has 1 aliphatic carbocycles. The van der Waals surface area contributed by atoms with E-state index in [1.165, 1.54) is 19.3 Å². The zero-order chi connectivity index (χ0) is 26.6. The maximum atomic E-state index is 13.2. The van der Waals surface area contributed by atoms with Crippen LogP contribution in [0, 0.1) is 5.92 Å². The zero-order valence-corrected chi connectivity index (χ0v) is 21.2. The van der Waals surface area contributed by atoms with Crippen LogP contribution in [0.25, 0.3) is 22.6 Å². The number of aliphatic hydroxyl groups is 1. The highest BCUT2D eigenvalue weighted by molar-refractivity contribution is 6.07. The summed E-state index contributed by atoms with van der Waals surface area (Å²) in [6, 6.07) is 10.6. The van der Waals surface area contributed by atoms with Crippen LogP contribution in [0.15, 0.2) is 65.0 Å². The van der Waals surface area contributed by atoms with Crippen LogP contribution < -0.4 is 18.9 Å². The Kier molecular flexibility index (Phi) is 10.0. The van der Waals surface area contributed by atoms with Gasteiger partial charge in [-0.1, -0.05) is 48.7 Å². The molecule has 0 aliphatic heterocycles. The number of azide groups is 1. The van der Waals surface area contributed by atoms with Gasteiger partial charge in [-0.05, 0) is 65.4 Å². The molecule has 0 unspecified atom stereocenters. The van der Waals surface area contributed by atoms with E-state index in [1.54, 1.807) is 56.7 Å². The molecule has 1 N–H and O–H groups in total. The van der Waals surface area contributed by atoms with Crippen LogP contribution in [0.1, 0.15) is 36.8 Å². The van der Waals surface area contributed by atoms with E-state index in [-0.39, 0.29) is 18.3 Å². The smallest absolute Gasteiger partial charge is 0.185 e. The number of carbonyl (C=O) groups excluding carboxylic acids is 1. The summed E-state index contributed by atoms with van der Waals surface area (Å²) in [7, 11) is 4.63. The molecule has 37 heavy (non-hydrogen) atoms. The van der Waals surface area contributed by atoms with Gasteiger partial charge in [0.25, 0.3) is 0 Å². The summed E-state index contributed by atoms with van der Waals surface area (Å²) < 4.78 is 21.3. The average molecular weight is 506 g/mol. The molecule has 0 spiro atoms.